The van der Waals surface area contributed by atoms with Crippen LogP contribution in [0.3, 0.4) is 0 Å². The lowest BCUT2D eigenvalue weighted by Gasteiger charge is -2.27. The first-order valence-electron chi connectivity index (χ1n) is 7.76. The zero-order chi connectivity index (χ0) is 15.5. The lowest BCUT2D eigenvalue weighted by atomic mass is 10.1. The summed E-state index contributed by atoms with van der Waals surface area (Å²) in [6, 6.07) is 7.73. The first-order valence-corrected chi connectivity index (χ1v) is 7.76. The molecule has 1 atom stereocenters. The summed E-state index contributed by atoms with van der Waals surface area (Å²) >= 11 is 0. The van der Waals surface area contributed by atoms with E-state index in [1.54, 1.807) is 4.90 Å². The number of carbonyl (C=O) groups is 1. The first kappa shape index (κ1) is 15.1. The SMILES string of the molecule is CCc1oc2ccccc2c1CN(C)C(=O)C1COCCN1. The van der Waals surface area contributed by atoms with Gasteiger partial charge in [-0.15, -0.1) is 0 Å². The lowest BCUT2D eigenvalue weighted by molar-refractivity contribution is -0.135. The Morgan fingerprint density at radius 1 is 1.41 bits per heavy atom. The van der Waals surface area contributed by atoms with Gasteiger partial charge in [-0.1, -0.05) is 25.1 Å². The van der Waals surface area contributed by atoms with Gasteiger partial charge in [-0.25, -0.2) is 0 Å². The summed E-state index contributed by atoms with van der Waals surface area (Å²) in [6.07, 6.45) is 0.816. The molecule has 1 unspecified atom stereocenters. The van der Waals surface area contributed by atoms with Gasteiger partial charge in [0.25, 0.3) is 0 Å². The average Bonchev–Trinajstić information content (AvgIpc) is 2.93. The number of amides is 1. The van der Waals surface area contributed by atoms with E-state index in [4.69, 9.17) is 9.15 Å². The van der Waals surface area contributed by atoms with Crippen molar-refractivity contribution in [2.45, 2.75) is 25.9 Å². The van der Waals surface area contributed by atoms with Gasteiger partial charge in [-0.3, -0.25) is 4.79 Å². The van der Waals surface area contributed by atoms with Gasteiger partial charge in [-0.2, -0.15) is 0 Å². The summed E-state index contributed by atoms with van der Waals surface area (Å²) in [7, 11) is 1.83. The Hall–Kier alpha value is -1.85. The van der Waals surface area contributed by atoms with Crippen molar-refractivity contribution in [2.75, 3.05) is 26.8 Å². The molecule has 0 bridgehead atoms. The molecule has 2 aromatic rings. The number of hydrogen-bond acceptors (Lipinski definition) is 4. The number of likely N-dealkylation sites (N-methyl/N-ethyl adjacent to an activating group) is 1. The molecule has 1 saturated heterocycles. The highest BCUT2D eigenvalue weighted by atomic mass is 16.5. The van der Waals surface area contributed by atoms with E-state index in [9.17, 15) is 4.79 Å². The van der Waals surface area contributed by atoms with Crippen LogP contribution >= 0.6 is 0 Å². The van der Waals surface area contributed by atoms with Gasteiger partial charge in [0, 0.05) is 37.5 Å². The Balaban J connectivity index is 1.81. The molecule has 1 aliphatic heterocycles. The molecule has 1 aromatic carbocycles. The quantitative estimate of drug-likeness (QED) is 0.938. The predicted octanol–water partition coefficient (Wildman–Crippen LogP) is 1.94. The minimum Gasteiger partial charge on any atom is -0.461 e. The number of nitrogens with zero attached hydrogens (tertiary/aromatic N) is 1. The number of morpholine rings is 1. The molecule has 0 spiro atoms. The fraction of sp³-hybridized carbons (Fsp3) is 0.471. The molecule has 5 nitrogen and oxygen atoms in total. The Morgan fingerprint density at radius 2 is 2.23 bits per heavy atom. The number of carbonyl (C=O) groups excluding carboxylic acids is 1. The molecule has 0 aliphatic carbocycles. The van der Waals surface area contributed by atoms with Crippen LogP contribution in [0.25, 0.3) is 11.0 Å². The van der Waals surface area contributed by atoms with Crippen LogP contribution in [0.5, 0.6) is 0 Å². The average molecular weight is 302 g/mol. The van der Waals surface area contributed by atoms with E-state index in [1.807, 2.05) is 31.3 Å². The van der Waals surface area contributed by atoms with Crippen molar-refractivity contribution in [2.24, 2.45) is 0 Å². The Labute approximate surface area is 130 Å². The summed E-state index contributed by atoms with van der Waals surface area (Å²) in [6.45, 7) is 4.45. The molecule has 1 amide bonds. The minimum atomic E-state index is -0.248. The summed E-state index contributed by atoms with van der Waals surface area (Å²) in [5.74, 6) is 1.01. The van der Waals surface area contributed by atoms with Gasteiger partial charge in [0.2, 0.25) is 5.91 Å². The van der Waals surface area contributed by atoms with E-state index in [1.165, 1.54) is 0 Å². The summed E-state index contributed by atoms with van der Waals surface area (Å²) in [5.41, 5.74) is 1.99. The Morgan fingerprint density at radius 3 is 2.95 bits per heavy atom. The number of ether oxygens (including phenoxy) is 1. The van der Waals surface area contributed by atoms with E-state index in [-0.39, 0.29) is 11.9 Å². The van der Waals surface area contributed by atoms with Crippen molar-refractivity contribution in [1.29, 1.82) is 0 Å². The number of furan rings is 1. The first-order chi connectivity index (χ1) is 10.7. The van der Waals surface area contributed by atoms with Crippen LogP contribution in [0.15, 0.2) is 28.7 Å². The van der Waals surface area contributed by atoms with Crippen molar-refractivity contribution in [3.63, 3.8) is 0 Å². The molecule has 0 saturated carbocycles. The molecule has 3 rings (SSSR count). The van der Waals surface area contributed by atoms with Gasteiger partial charge in [-0.05, 0) is 6.07 Å². The van der Waals surface area contributed by atoms with Crippen LogP contribution in [-0.4, -0.2) is 43.7 Å². The summed E-state index contributed by atoms with van der Waals surface area (Å²) in [5, 5.41) is 4.30. The third-order valence-corrected chi connectivity index (χ3v) is 4.09. The summed E-state index contributed by atoms with van der Waals surface area (Å²) < 4.78 is 11.3. The van der Waals surface area contributed by atoms with Crippen LogP contribution in [-0.2, 0) is 22.5 Å². The fourth-order valence-electron chi connectivity index (χ4n) is 2.91. The second kappa shape index (κ2) is 6.50. The molecular weight excluding hydrogens is 280 g/mol. The minimum absolute atomic E-state index is 0.0621. The van der Waals surface area contributed by atoms with E-state index in [0.717, 1.165) is 35.3 Å². The van der Waals surface area contributed by atoms with Gasteiger partial charge in [0.15, 0.2) is 0 Å². The third kappa shape index (κ3) is 2.87. The number of rotatable bonds is 4. The number of para-hydroxylation sites is 1. The van der Waals surface area contributed by atoms with Gasteiger partial charge >= 0.3 is 0 Å². The maximum Gasteiger partial charge on any atom is 0.242 e. The number of fused-ring (bicyclic) bond motifs is 1. The topological polar surface area (TPSA) is 54.7 Å². The maximum atomic E-state index is 12.5. The molecule has 1 aromatic heterocycles. The van der Waals surface area contributed by atoms with Crippen LogP contribution in [0.2, 0.25) is 0 Å². The molecule has 1 fully saturated rings. The van der Waals surface area contributed by atoms with Crippen molar-refractivity contribution in [1.82, 2.24) is 10.2 Å². The Bertz CT molecular complexity index is 659. The highest BCUT2D eigenvalue weighted by Gasteiger charge is 2.25. The van der Waals surface area contributed by atoms with E-state index >= 15 is 0 Å². The smallest absolute Gasteiger partial charge is 0.242 e. The predicted molar refractivity (Wildman–Crippen MR) is 84.7 cm³/mol. The van der Waals surface area contributed by atoms with E-state index in [0.29, 0.717) is 19.8 Å². The van der Waals surface area contributed by atoms with Crippen molar-refractivity contribution in [3.8, 4) is 0 Å². The second-order valence-corrected chi connectivity index (χ2v) is 5.63. The molecule has 0 radical (unpaired) electrons. The maximum absolute atomic E-state index is 12.5. The molecule has 1 N–H and O–H groups in total. The normalized spacial score (nSPS) is 18.5. The largest absolute Gasteiger partial charge is 0.461 e. The molecule has 5 heteroatoms. The number of nitrogens with one attached hydrogen (secondary N) is 1. The highest BCUT2D eigenvalue weighted by Crippen LogP contribution is 2.27. The lowest BCUT2D eigenvalue weighted by Crippen LogP contribution is -2.51. The molecule has 1 aliphatic rings. The van der Waals surface area contributed by atoms with Gasteiger partial charge in [0.1, 0.15) is 17.4 Å². The zero-order valence-electron chi connectivity index (χ0n) is 13.1. The fourth-order valence-corrected chi connectivity index (χ4v) is 2.91. The third-order valence-electron chi connectivity index (χ3n) is 4.09. The number of benzene rings is 1. The second-order valence-electron chi connectivity index (χ2n) is 5.63. The monoisotopic (exact) mass is 302 g/mol. The van der Waals surface area contributed by atoms with Crippen LogP contribution < -0.4 is 5.32 Å². The van der Waals surface area contributed by atoms with Crippen molar-refractivity contribution in [3.05, 3.63) is 35.6 Å². The standard InChI is InChI=1S/C17H22N2O3/c1-3-15-13(12-6-4-5-7-16(12)22-15)10-19(2)17(20)14-11-21-9-8-18-14/h4-7,14,18H,3,8-11H2,1-2H3. The van der Waals surface area contributed by atoms with Crippen molar-refractivity contribution >= 4 is 16.9 Å². The molecule has 22 heavy (non-hydrogen) atoms. The zero-order valence-corrected chi connectivity index (χ0v) is 13.1. The highest BCUT2D eigenvalue weighted by molar-refractivity contribution is 5.85. The van der Waals surface area contributed by atoms with Crippen LogP contribution in [0, 0.1) is 0 Å². The van der Waals surface area contributed by atoms with E-state index in [2.05, 4.69) is 12.2 Å². The molecular formula is C17H22N2O3. The number of aryl methyl sites for hydroxylation is 1. The van der Waals surface area contributed by atoms with E-state index < -0.39 is 0 Å². The van der Waals surface area contributed by atoms with Crippen LogP contribution in [0.4, 0.5) is 0 Å². The summed E-state index contributed by atoms with van der Waals surface area (Å²) in [4.78, 5) is 14.3. The molecule has 118 valence electrons. The van der Waals surface area contributed by atoms with Crippen LogP contribution in [0.1, 0.15) is 18.2 Å². The van der Waals surface area contributed by atoms with Gasteiger partial charge < -0.3 is 19.4 Å². The van der Waals surface area contributed by atoms with Crippen molar-refractivity contribution < 1.29 is 13.9 Å². The number of hydrogen-bond donors (Lipinski definition) is 1. The Kier molecular flexibility index (Phi) is 4.45. The molecule has 2 heterocycles. The van der Waals surface area contributed by atoms with Gasteiger partial charge in [0.05, 0.1) is 13.2 Å².